The lowest BCUT2D eigenvalue weighted by molar-refractivity contribution is -0.130. The second-order valence-corrected chi connectivity index (χ2v) is 8.35. The highest BCUT2D eigenvalue weighted by molar-refractivity contribution is 7.71. The van der Waals surface area contributed by atoms with Crippen LogP contribution in [0.4, 0.5) is 0 Å². The molecule has 1 amide bonds. The fourth-order valence-electron chi connectivity index (χ4n) is 3.22. The molecule has 0 saturated heterocycles. The maximum atomic E-state index is 12.7. The second kappa shape index (κ2) is 9.19. The number of aromatic nitrogens is 5. The molecule has 3 aromatic heterocycles. The molecule has 0 aliphatic rings. The largest absolute Gasteiger partial charge is 0.341 e. The Morgan fingerprint density at radius 2 is 2.03 bits per heavy atom. The van der Waals surface area contributed by atoms with Crippen LogP contribution in [0.15, 0.2) is 60.2 Å². The fourth-order valence-corrected chi connectivity index (χ4v) is 4.17. The summed E-state index contributed by atoms with van der Waals surface area (Å²) in [6, 6.07) is 14.1. The lowest BCUT2D eigenvalue weighted by Gasteiger charge is -2.16. The van der Waals surface area contributed by atoms with Gasteiger partial charge in [-0.15, -0.1) is 11.3 Å². The van der Waals surface area contributed by atoms with Gasteiger partial charge in [-0.05, 0) is 29.2 Å². The van der Waals surface area contributed by atoms with Gasteiger partial charge in [0, 0.05) is 38.3 Å². The molecule has 0 saturated carbocycles. The predicted molar refractivity (Wildman–Crippen MR) is 120 cm³/mol. The fraction of sp³-hybridized carbons (Fsp3) is 0.238. The van der Waals surface area contributed by atoms with Crippen LogP contribution in [0.3, 0.4) is 0 Å². The topological polar surface area (TPSA) is 71.7 Å². The van der Waals surface area contributed by atoms with Crippen molar-refractivity contribution in [3.05, 3.63) is 76.1 Å². The maximum absolute atomic E-state index is 12.7. The van der Waals surface area contributed by atoms with Crippen LogP contribution in [0.2, 0.25) is 0 Å². The molecule has 0 atom stereocenters. The average molecular weight is 439 g/mol. The van der Waals surface area contributed by atoms with Crippen molar-refractivity contribution in [3.63, 3.8) is 0 Å². The molecule has 1 N–H and O–H groups in total. The minimum Gasteiger partial charge on any atom is -0.341 e. The van der Waals surface area contributed by atoms with Gasteiger partial charge in [0.2, 0.25) is 5.91 Å². The number of carbonyl (C=O) groups excluding carboxylic acids is 1. The zero-order valence-corrected chi connectivity index (χ0v) is 18.2. The van der Waals surface area contributed by atoms with Crippen LogP contribution >= 0.6 is 23.6 Å². The summed E-state index contributed by atoms with van der Waals surface area (Å²) in [7, 11) is 1.81. The summed E-state index contributed by atoms with van der Waals surface area (Å²) in [4.78, 5) is 15.4. The molecule has 0 aliphatic heterocycles. The van der Waals surface area contributed by atoms with Crippen LogP contribution in [0.1, 0.15) is 17.5 Å². The molecule has 9 heteroatoms. The standard InChI is InChI=1S/C21H22N6OS2/c1-25(13-17-12-22-26(15-17)14-16-6-3-2-4-7-16)19(28)9-10-27-20(23-24-21(27)29)18-8-5-11-30-18/h2-8,11-12,15H,9-10,13-14H2,1H3,(H,24,29). The molecule has 154 valence electrons. The van der Waals surface area contributed by atoms with Crippen molar-refractivity contribution in [3.8, 4) is 10.7 Å². The van der Waals surface area contributed by atoms with Crippen LogP contribution in [0, 0.1) is 4.77 Å². The summed E-state index contributed by atoms with van der Waals surface area (Å²) in [5.41, 5.74) is 2.19. The summed E-state index contributed by atoms with van der Waals surface area (Å²) in [5.74, 6) is 0.818. The quantitative estimate of drug-likeness (QED) is 0.423. The molecule has 1 aromatic carbocycles. The number of nitrogens with zero attached hydrogens (tertiary/aromatic N) is 5. The first kappa shape index (κ1) is 20.2. The predicted octanol–water partition coefficient (Wildman–Crippen LogP) is 3.96. The first-order valence-corrected chi connectivity index (χ1v) is 10.9. The van der Waals surface area contributed by atoms with Gasteiger partial charge in [-0.3, -0.25) is 19.1 Å². The molecule has 0 bridgehead atoms. The van der Waals surface area contributed by atoms with E-state index in [0.717, 1.165) is 16.3 Å². The molecule has 4 aromatic rings. The van der Waals surface area contributed by atoms with Gasteiger partial charge in [0.25, 0.3) is 0 Å². The van der Waals surface area contributed by atoms with Crippen LogP contribution in [0.25, 0.3) is 10.7 Å². The van der Waals surface area contributed by atoms with E-state index in [2.05, 4.69) is 27.4 Å². The molecule has 0 radical (unpaired) electrons. The summed E-state index contributed by atoms with van der Waals surface area (Å²) in [6.45, 7) is 1.71. The van der Waals surface area contributed by atoms with Gasteiger partial charge in [-0.25, -0.2) is 0 Å². The summed E-state index contributed by atoms with van der Waals surface area (Å²) < 4.78 is 4.29. The molecule has 0 aliphatic carbocycles. The van der Waals surface area contributed by atoms with Crippen LogP contribution < -0.4 is 0 Å². The van der Waals surface area contributed by atoms with E-state index >= 15 is 0 Å². The lowest BCUT2D eigenvalue weighted by atomic mass is 10.2. The van der Waals surface area contributed by atoms with Gasteiger partial charge in [0.05, 0.1) is 17.6 Å². The highest BCUT2D eigenvalue weighted by Gasteiger charge is 2.14. The molecule has 0 unspecified atom stereocenters. The molecule has 3 heterocycles. The molecule has 0 spiro atoms. The zero-order chi connectivity index (χ0) is 20.9. The van der Waals surface area contributed by atoms with E-state index in [9.17, 15) is 4.79 Å². The van der Waals surface area contributed by atoms with Crippen LogP contribution in [-0.2, 0) is 24.4 Å². The first-order chi connectivity index (χ1) is 14.6. The van der Waals surface area contributed by atoms with Gasteiger partial charge in [0.1, 0.15) is 0 Å². The van der Waals surface area contributed by atoms with Gasteiger partial charge in [-0.2, -0.15) is 10.2 Å². The molecule has 30 heavy (non-hydrogen) atoms. The number of thiophene rings is 1. The number of aromatic amines is 1. The number of nitrogens with one attached hydrogen (secondary N) is 1. The number of hydrogen-bond acceptors (Lipinski definition) is 5. The van der Waals surface area contributed by atoms with Gasteiger partial charge in [-0.1, -0.05) is 36.4 Å². The Hall–Kier alpha value is -3.04. The minimum absolute atomic E-state index is 0.0473. The molecule has 4 rings (SSSR count). The van der Waals surface area contributed by atoms with Crippen LogP contribution in [0.5, 0.6) is 0 Å². The van der Waals surface area contributed by atoms with Crippen LogP contribution in [-0.4, -0.2) is 42.4 Å². The van der Waals surface area contributed by atoms with E-state index in [1.165, 1.54) is 5.56 Å². The third kappa shape index (κ3) is 4.74. The molecule has 7 nitrogen and oxygen atoms in total. The van der Waals surface area contributed by atoms with Crippen molar-refractivity contribution >= 4 is 29.5 Å². The molecule has 0 fully saturated rings. The molecular weight excluding hydrogens is 416 g/mol. The first-order valence-electron chi connectivity index (χ1n) is 9.58. The second-order valence-electron chi connectivity index (χ2n) is 7.01. The van der Waals surface area contributed by atoms with Crippen molar-refractivity contribution in [1.29, 1.82) is 0 Å². The number of hydrogen-bond donors (Lipinski definition) is 1. The number of rotatable bonds is 8. The summed E-state index contributed by atoms with van der Waals surface area (Å²) in [5, 5.41) is 13.5. The smallest absolute Gasteiger partial charge is 0.224 e. The Balaban J connectivity index is 1.34. The van der Waals surface area contributed by atoms with E-state index in [1.807, 2.05) is 64.4 Å². The Bertz CT molecular complexity index is 1160. The van der Waals surface area contributed by atoms with Gasteiger partial charge < -0.3 is 4.90 Å². The third-order valence-electron chi connectivity index (χ3n) is 4.77. The van der Waals surface area contributed by atoms with E-state index in [4.69, 9.17) is 12.2 Å². The van der Waals surface area contributed by atoms with E-state index in [0.29, 0.717) is 30.8 Å². The van der Waals surface area contributed by atoms with Crippen molar-refractivity contribution < 1.29 is 4.79 Å². The number of amides is 1. The number of benzene rings is 1. The highest BCUT2D eigenvalue weighted by Crippen LogP contribution is 2.23. The summed E-state index contributed by atoms with van der Waals surface area (Å²) >= 11 is 6.93. The van der Waals surface area contributed by atoms with Gasteiger partial charge in [0.15, 0.2) is 10.6 Å². The third-order valence-corrected chi connectivity index (χ3v) is 5.95. The van der Waals surface area contributed by atoms with E-state index in [1.54, 1.807) is 16.2 Å². The lowest BCUT2D eigenvalue weighted by Crippen LogP contribution is -2.27. The summed E-state index contributed by atoms with van der Waals surface area (Å²) in [6.07, 6.45) is 4.15. The SMILES string of the molecule is CN(Cc1cnn(Cc2ccccc2)c1)C(=O)CCn1c(-c2cccs2)n[nH]c1=S. The van der Waals surface area contributed by atoms with Crippen molar-refractivity contribution in [1.82, 2.24) is 29.4 Å². The number of carbonyl (C=O) groups is 1. The van der Waals surface area contributed by atoms with Crippen molar-refractivity contribution in [2.45, 2.75) is 26.1 Å². The zero-order valence-electron chi connectivity index (χ0n) is 16.6. The normalized spacial score (nSPS) is 11.0. The monoisotopic (exact) mass is 438 g/mol. The highest BCUT2D eigenvalue weighted by atomic mass is 32.1. The van der Waals surface area contributed by atoms with E-state index in [-0.39, 0.29) is 5.91 Å². The Kier molecular flexibility index (Phi) is 6.20. The van der Waals surface area contributed by atoms with Crippen molar-refractivity contribution in [2.75, 3.05) is 7.05 Å². The average Bonchev–Trinajstić information content (AvgIpc) is 3.49. The molecular formula is C21H22N6OS2. The number of H-pyrrole nitrogens is 1. The minimum atomic E-state index is 0.0473. The Labute approximate surface area is 183 Å². The Morgan fingerprint density at radius 1 is 1.20 bits per heavy atom. The Morgan fingerprint density at radius 3 is 2.80 bits per heavy atom. The maximum Gasteiger partial charge on any atom is 0.224 e. The van der Waals surface area contributed by atoms with Crippen molar-refractivity contribution in [2.24, 2.45) is 0 Å². The van der Waals surface area contributed by atoms with Gasteiger partial charge >= 0.3 is 0 Å². The van der Waals surface area contributed by atoms with E-state index < -0.39 is 0 Å².